The van der Waals surface area contributed by atoms with Gasteiger partial charge in [0.1, 0.15) is 0 Å². The van der Waals surface area contributed by atoms with Gasteiger partial charge in [-0.3, -0.25) is 0 Å². The summed E-state index contributed by atoms with van der Waals surface area (Å²) < 4.78 is 5.91. The van der Waals surface area contributed by atoms with Crippen LogP contribution in [0, 0.1) is 5.41 Å². The Labute approximate surface area is 113 Å². The molecule has 0 aliphatic rings. The van der Waals surface area contributed by atoms with Gasteiger partial charge in [-0.2, -0.15) is 0 Å². The third-order valence-corrected chi connectivity index (χ3v) is 4.35. The highest BCUT2D eigenvalue weighted by molar-refractivity contribution is 7.16. The first-order valence-corrected chi connectivity index (χ1v) is 7.23. The fraction of sp³-hybridized carbons (Fsp3) is 0.692. The lowest BCUT2D eigenvalue weighted by molar-refractivity contribution is 0.191. The number of methoxy groups -OCH3 is 1. The molecule has 0 saturated carbocycles. The molecule has 0 radical (unpaired) electrons. The molecule has 1 aromatic rings. The minimum atomic E-state index is 0.294. The largest absolute Gasteiger partial charge is 0.383 e. The van der Waals surface area contributed by atoms with Crippen molar-refractivity contribution in [1.29, 1.82) is 0 Å². The molecule has 0 aliphatic heterocycles. The monoisotopic (exact) mass is 275 g/mol. The molecule has 0 aliphatic carbocycles. The van der Waals surface area contributed by atoms with Crippen LogP contribution in [0.4, 0.5) is 0 Å². The molecule has 4 heteroatoms. The van der Waals surface area contributed by atoms with Crippen molar-refractivity contribution in [3.63, 3.8) is 0 Å². The predicted octanol–water partition coefficient (Wildman–Crippen LogP) is 3.60. The number of nitrogens with one attached hydrogen (secondary N) is 1. The molecule has 0 aromatic carbocycles. The lowest BCUT2D eigenvalue weighted by Crippen LogP contribution is -2.34. The van der Waals surface area contributed by atoms with Gasteiger partial charge in [-0.15, -0.1) is 11.3 Å². The fourth-order valence-corrected chi connectivity index (χ4v) is 3.05. The van der Waals surface area contributed by atoms with Crippen LogP contribution in [0.5, 0.6) is 0 Å². The van der Waals surface area contributed by atoms with E-state index in [1.807, 2.05) is 6.07 Å². The molecule has 98 valence electrons. The lowest BCUT2D eigenvalue weighted by Gasteiger charge is -2.28. The van der Waals surface area contributed by atoms with Crippen molar-refractivity contribution in [3.05, 3.63) is 21.3 Å². The second kappa shape index (κ2) is 7.37. The Morgan fingerprint density at radius 2 is 2.24 bits per heavy atom. The van der Waals surface area contributed by atoms with Crippen molar-refractivity contribution >= 4 is 22.9 Å². The quantitative estimate of drug-likeness (QED) is 0.732. The molecular formula is C13H22ClNOS. The molecule has 1 rings (SSSR count). The first-order chi connectivity index (χ1) is 8.09. The van der Waals surface area contributed by atoms with Crippen LogP contribution in [-0.4, -0.2) is 26.8 Å². The number of hydrogen-bond acceptors (Lipinski definition) is 3. The summed E-state index contributed by atoms with van der Waals surface area (Å²) in [5.41, 5.74) is 0.294. The summed E-state index contributed by atoms with van der Waals surface area (Å²) in [5.74, 6) is 0. The first-order valence-electron chi connectivity index (χ1n) is 6.03. The number of halogens is 1. The summed E-state index contributed by atoms with van der Waals surface area (Å²) in [6, 6.07) is 4.12. The molecule has 1 atom stereocenters. The molecule has 0 bridgehead atoms. The van der Waals surface area contributed by atoms with Gasteiger partial charge in [0, 0.05) is 25.1 Å². The first kappa shape index (κ1) is 15.0. The van der Waals surface area contributed by atoms with Gasteiger partial charge in [0.05, 0.1) is 10.9 Å². The summed E-state index contributed by atoms with van der Waals surface area (Å²) >= 11 is 7.65. The summed E-state index contributed by atoms with van der Waals surface area (Å²) in [7, 11) is 1.73. The number of thiophene rings is 1. The van der Waals surface area contributed by atoms with E-state index in [0.29, 0.717) is 5.41 Å². The average molecular weight is 276 g/mol. The van der Waals surface area contributed by atoms with Crippen LogP contribution in [0.2, 0.25) is 4.34 Å². The van der Waals surface area contributed by atoms with E-state index in [0.717, 1.165) is 36.9 Å². The van der Waals surface area contributed by atoms with E-state index in [2.05, 4.69) is 25.2 Å². The summed E-state index contributed by atoms with van der Waals surface area (Å²) in [6.45, 7) is 7.26. The second-order valence-corrected chi connectivity index (χ2v) is 6.52. The van der Waals surface area contributed by atoms with Crippen molar-refractivity contribution < 1.29 is 4.74 Å². The maximum absolute atomic E-state index is 5.96. The lowest BCUT2D eigenvalue weighted by atomic mass is 9.83. The third kappa shape index (κ3) is 5.38. The molecule has 17 heavy (non-hydrogen) atoms. The van der Waals surface area contributed by atoms with Gasteiger partial charge in [-0.1, -0.05) is 25.4 Å². The van der Waals surface area contributed by atoms with E-state index < -0.39 is 0 Å². The van der Waals surface area contributed by atoms with Gasteiger partial charge in [0.25, 0.3) is 0 Å². The Balaban J connectivity index is 2.44. The molecule has 1 heterocycles. The molecule has 0 amide bonds. The number of hydrogen-bond donors (Lipinski definition) is 1. The van der Waals surface area contributed by atoms with Crippen molar-refractivity contribution in [2.45, 2.75) is 26.7 Å². The third-order valence-electron chi connectivity index (χ3n) is 3.12. The number of ether oxygens (including phenoxy) is 1. The Hall–Kier alpha value is -0.0900. The Bertz CT molecular complexity index is 329. The summed E-state index contributed by atoms with van der Waals surface area (Å²) in [5, 5.41) is 3.45. The van der Waals surface area contributed by atoms with Gasteiger partial charge in [0.2, 0.25) is 0 Å². The molecule has 0 fully saturated rings. The Morgan fingerprint density at radius 3 is 2.76 bits per heavy atom. The summed E-state index contributed by atoms with van der Waals surface area (Å²) in [4.78, 5) is 1.37. The van der Waals surface area contributed by atoms with Crippen LogP contribution < -0.4 is 5.32 Å². The van der Waals surface area contributed by atoms with Gasteiger partial charge >= 0.3 is 0 Å². The molecule has 1 N–H and O–H groups in total. The molecule has 1 unspecified atom stereocenters. The number of rotatable bonds is 8. The summed E-state index contributed by atoms with van der Waals surface area (Å²) in [6.07, 6.45) is 2.24. The molecular weight excluding hydrogens is 254 g/mol. The molecule has 2 nitrogen and oxygen atoms in total. The zero-order valence-corrected chi connectivity index (χ0v) is 12.5. The SMILES string of the molecule is CCC(C)(CNCCOC)Cc1ccc(Cl)s1. The van der Waals surface area contributed by atoms with E-state index in [1.54, 1.807) is 18.4 Å². The van der Waals surface area contributed by atoms with Crippen LogP contribution in [0.15, 0.2) is 12.1 Å². The molecule has 0 spiro atoms. The normalized spacial score (nSPS) is 14.8. The maximum Gasteiger partial charge on any atom is 0.0931 e. The van der Waals surface area contributed by atoms with Crippen LogP contribution in [-0.2, 0) is 11.2 Å². The van der Waals surface area contributed by atoms with Crippen LogP contribution >= 0.6 is 22.9 Å². The van der Waals surface area contributed by atoms with Crippen LogP contribution in [0.1, 0.15) is 25.1 Å². The van der Waals surface area contributed by atoms with Crippen LogP contribution in [0.3, 0.4) is 0 Å². The van der Waals surface area contributed by atoms with Crippen LogP contribution in [0.25, 0.3) is 0 Å². The topological polar surface area (TPSA) is 21.3 Å². The minimum absolute atomic E-state index is 0.294. The highest BCUT2D eigenvalue weighted by atomic mass is 35.5. The average Bonchev–Trinajstić information content (AvgIpc) is 2.70. The zero-order valence-electron chi connectivity index (χ0n) is 10.9. The van der Waals surface area contributed by atoms with E-state index in [-0.39, 0.29) is 0 Å². The Kier molecular flexibility index (Phi) is 6.49. The maximum atomic E-state index is 5.96. The minimum Gasteiger partial charge on any atom is -0.383 e. The Morgan fingerprint density at radius 1 is 1.47 bits per heavy atom. The van der Waals surface area contributed by atoms with Gasteiger partial charge in [-0.05, 0) is 30.4 Å². The van der Waals surface area contributed by atoms with Gasteiger partial charge in [-0.25, -0.2) is 0 Å². The van der Waals surface area contributed by atoms with E-state index in [9.17, 15) is 0 Å². The van der Waals surface area contributed by atoms with Crippen molar-refractivity contribution in [2.75, 3.05) is 26.8 Å². The van der Waals surface area contributed by atoms with Crippen molar-refractivity contribution in [3.8, 4) is 0 Å². The van der Waals surface area contributed by atoms with E-state index in [4.69, 9.17) is 16.3 Å². The standard InChI is InChI=1S/C13H22ClNOS/c1-4-13(2,10-15-7-8-16-3)9-11-5-6-12(14)17-11/h5-6,15H,4,7-10H2,1-3H3. The van der Waals surface area contributed by atoms with Gasteiger partial charge in [0.15, 0.2) is 0 Å². The smallest absolute Gasteiger partial charge is 0.0931 e. The highest BCUT2D eigenvalue weighted by Gasteiger charge is 2.22. The second-order valence-electron chi connectivity index (χ2n) is 4.72. The zero-order chi connectivity index (χ0) is 12.7. The predicted molar refractivity (Wildman–Crippen MR) is 76.2 cm³/mol. The van der Waals surface area contributed by atoms with Crippen molar-refractivity contribution in [2.24, 2.45) is 5.41 Å². The molecule has 0 saturated heterocycles. The van der Waals surface area contributed by atoms with Crippen molar-refractivity contribution in [1.82, 2.24) is 5.32 Å². The van der Waals surface area contributed by atoms with Gasteiger partial charge < -0.3 is 10.1 Å². The van der Waals surface area contributed by atoms with E-state index in [1.165, 1.54) is 4.88 Å². The fourth-order valence-electron chi connectivity index (χ4n) is 1.74. The molecule has 1 aromatic heterocycles. The van der Waals surface area contributed by atoms with E-state index >= 15 is 0 Å². The highest BCUT2D eigenvalue weighted by Crippen LogP contribution is 2.31.